The van der Waals surface area contributed by atoms with Crippen molar-refractivity contribution in [3.8, 4) is 0 Å². The van der Waals surface area contributed by atoms with Gasteiger partial charge in [0.2, 0.25) is 0 Å². The van der Waals surface area contributed by atoms with Crippen LogP contribution in [0.4, 0.5) is 0 Å². The minimum atomic E-state index is 0.389. The monoisotopic (exact) mass is 306 g/mol. The highest BCUT2D eigenvalue weighted by atomic mass is 32.1. The van der Waals surface area contributed by atoms with Crippen molar-refractivity contribution in [2.24, 2.45) is 11.8 Å². The third-order valence-corrected chi connectivity index (χ3v) is 6.63. The lowest BCUT2D eigenvalue weighted by Gasteiger charge is -2.50. The highest BCUT2D eigenvalue weighted by molar-refractivity contribution is 7.07. The Morgan fingerprint density at radius 1 is 1.48 bits per heavy atom. The molecule has 1 aliphatic heterocycles. The van der Waals surface area contributed by atoms with Crippen LogP contribution in [0, 0.1) is 11.8 Å². The minimum Gasteiger partial charge on any atom is -0.311 e. The van der Waals surface area contributed by atoms with E-state index in [1.807, 2.05) is 11.3 Å². The molecule has 3 atom stereocenters. The van der Waals surface area contributed by atoms with Gasteiger partial charge < -0.3 is 5.32 Å². The number of hydrogen-bond acceptors (Lipinski definition) is 3. The molecule has 1 saturated heterocycles. The van der Waals surface area contributed by atoms with Crippen molar-refractivity contribution < 1.29 is 0 Å². The van der Waals surface area contributed by atoms with Crippen LogP contribution in [0.5, 0.6) is 0 Å². The van der Waals surface area contributed by atoms with Gasteiger partial charge in [-0.15, -0.1) is 0 Å². The molecule has 0 spiro atoms. The van der Waals surface area contributed by atoms with Crippen molar-refractivity contribution in [3.05, 3.63) is 22.4 Å². The van der Waals surface area contributed by atoms with E-state index in [9.17, 15) is 0 Å². The Morgan fingerprint density at radius 2 is 2.29 bits per heavy atom. The molecule has 3 rings (SSSR count). The molecule has 2 nitrogen and oxygen atoms in total. The summed E-state index contributed by atoms with van der Waals surface area (Å²) in [6.07, 6.45) is 5.34. The van der Waals surface area contributed by atoms with Crippen LogP contribution >= 0.6 is 11.3 Å². The van der Waals surface area contributed by atoms with E-state index in [4.69, 9.17) is 0 Å². The van der Waals surface area contributed by atoms with Crippen LogP contribution in [0.2, 0.25) is 0 Å². The van der Waals surface area contributed by atoms with Crippen LogP contribution in [-0.2, 0) is 6.42 Å². The van der Waals surface area contributed by atoms with E-state index < -0.39 is 0 Å². The summed E-state index contributed by atoms with van der Waals surface area (Å²) in [6, 6.07) is 2.96. The second-order valence-electron chi connectivity index (χ2n) is 7.33. The van der Waals surface area contributed by atoms with Gasteiger partial charge in [0.1, 0.15) is 0 Å². The molecule has 1 aliphatic carbocycles. The number of thiophene rings is 1. The molecule has 0 amide bonds. The predicted octanol–water partition coefficient (Wildman–Crippen LogP) is 3.78. The topological polar surface area (TPSA) is 15.3 Å². The Balaban J connectivity index is 1.67. The van der Waals surface area contributed by atoms with E-state index in [0.29, 0.717) is 11.6 Å². The second kappa shape index (κ2) is 6.39. The fourth-order valence-electron chi connectivity index (χ4n) is 3.78. The summed E-state index contributed by atoms with van der Waals surface area (Å²) in [5, 5.41) is 8.38. The summed E-state index contributed by atoms with van der Waals surface area (Å²) in [7, 11) is 0. The van der Waals surface area contributed by atoms with Crippen LogP contribution in [0.15, 0.2) is 16.8 Å². The Bertz CT molecular complexity index is 440. The number of nitrogens with one attached hydrogen (secondary N) is 1. The van der Waals surface area contributed by atoms with Gasteiger partial charge in [0.25, 0.3) is 0 Å². The first-order valence-corrected chi connectivity index (χ1v) is 9.57. The maximum absolute atomic E-state index is 3.87. The van der Waals surface area contributed by atoms with E-state index in [-0.39, 0.29) is 0 Å². The Kier molecular flexibility index (Phi) is 4.72. The molecule has 0 aromatic carbocycles. The SMILES string of the molecule is CCC(C)C1CN(CCc2ccsc2)C(C)(C2CC2)CN1. The zero-order valence-corrected chi connectivity index (χ0v) is 14.6. The molecule has 3 unspecified atom stereocenters. The highest BCUT2D eigenvalue weighted by Gasteiger charge is 2.48. The van der Waals surface area contributed by atoms with Crippen molar-refractivity contribution in [3.63, 3.8) is 0 Å². The maximum atomic E-state index is 3.87. The third kappa shape index (κ3) is 3.35. The normalized spacial score (nSPS) is 32.2. The molecule has 3 heteroatoms. The lowest BCUT2D eigenvalue weighted by Crippen LogP contribution is -2.65. The molecular weight excluding hydrogens is 276 g/mol. The number of hydrogen-bond donors (Lipinski definition) is 1. The first kappa shape index (κ1) is 15.5. The summed E-state index contributed by atoms with van der Waals surface area (Å²) < 4.78 is 0. The Morgan fingerprint density at radius 3 is 2.90 bits per heavy atom. The first-order chi connectivity index (χ1) is 10.1. The molecule has 118 valence electrons. The third-order valence-electron chi connectivity index (χ3n) is 5.90. The quantitative estimate of drug-likeness (QED) is 0.860. The van der Waals surface area contributed by atoms with Gasteiger partial charge in [-0.25, -0.2) is 0 Å². The van der Waals surface area contributed by atoms with Gasteiger partial charge in [-0.05, 0) is 60.4 Å². The van der Waals surface area contributed by atoms with Crippen molar-refractivity contribution in [2.75, 3.05) is 19.6 Å². The molecular formula is C18H30N2S. The summed E-state index contributed by atoms with van der Waals surface area (Å²) in [5.41, 5.74) is 1.90. The highest BCUT2D eigenvalue weighted by Crippen LogP contribution is 2.44. The van der Waals surface area contributed by atoms with Gasteiger partial charge in [-0.1, -0.05) is 20.3 Å². The van der Waals surface area contributed by atoms with Gasteiger partial charge in [0, 0.05) is 31.2 Å². The lowest BCUT2D eigenvalue weighted by molar-refractivity contribution is 0.0244. The van der Waals surface area contributed by atoms with Crippen LogP contribution in [0.1, 0.15) is 45.6 Å². The number of piperazine rings is 1. The van der Waals surface area contributed by atoms with Crippen LogP contribution in [0.25, 0.3) is 0 Å². The van der Waals surface area contributed by atoms with E-state index >= 15 is 0 Å². The van der Waals surface area contributed by atoms with Crippen LogP contribution < -0.4 is 5.32 Å². The maximum Gasteiger partial charge on any atom is 0.0334 e. The Hall–Kier alpha value is -0.380. The van der Waals surface area contributed by atoms with E-state index in [0.717, 1.165) is 11.8 Å². The Labute approximate surface area is 133 Å². The molecule has 0 radical (unpaired) electrons. The largest absolute Gasteiger partial charge is 0.311 e. The van der Waals surface area contributed by atoms with Gasteiger partial charge in [-0.3, -0.25) is 4.90 Å². The molecule has 0 bridgehead atoms. The number of nitrogens with zero attached hydrogens (tertiary/aromatic N) is 1. The second-order valence-corrected chi connectivity index (χ2v) is 8.11. The fraction of sp³-hybridized carbons (Fsp3) is 0.778. The summed E-state index contributed by atoms with van der Waals surface area (Å²) in [4.78, 5) is 2.82. The zero-order chi connectivity index (χ0) is 14.9. The summed E-state index contributed by atoms with van der Waals surface area (Å²) in [5.74, 6) is 1.70. The van der Waals surface area contributed by atoms with Gasteiger partial charge in [-0.2, -0.15) is 11.3 Å². The predicted molar refractivity (Wildman–Crippen MR) is 92.0 cm³/mol. The molecule has 2 heterocycles. The molecule has 21 heavy (non-hydrogen) atoms. The molecule has 2 fully saturated rings. The first-order valence-electron chi connectivity index (χ1n) is 8.63. The van der Waals surface area contributed by atoms with E-state index in [2.05, 4.69) is 47.8 Å². The molecule has 1 aromatic heterocycles. The van der Waals surface area contributed by atoms with Crippen LogP contribution in [-0.4, -0.2) is 36.1 Å². The van der Waals surface area contributed by atoms with Crippen LogP contribution in [0.3, 0.4) is 0 Å². The van der Waals surface area contributed by atoms with Crippen molar-refractivity contribution >= 4 is 11.3 Å². The zero-order valence-electron chi connectivity index (χ0n) is 13.8. The summed E-state index contributed by atoms with van der Waals surface area (Å²) >= 11 is 1.82. The van der Waals surface area contributed by atoms with Crippen molar-refractivity contribution in [2.45, 2.75) is 58.0 Å². The van der Waals surface area contributed by atoms with Gasteiger partial charge in [0.15, 0.2) is 0 Å². The molecule has 1 aromatic rings. The van der Waals surface area contributed by atoms with E-state index in [1.54, 1.807) is 0 Å². The van der Waals surface area contributed by atoms with Gasteiger partial charge >= 0.3 is 0 Å². The molecule has 1 saturated carbocycles. The van der Waals surface area contributed by atoms with Gasteiger partial charge in [0.05, 0.1) is 0 Å². The fourth-order valence-corrected chi connectivity index (χ4v) is 4.48. The number of rotatable bonds is 6. The van der Waals surface area contributed by atoms with E-state index in [1.165, 1.54) is 50.9 Å². The van der Waals surface area contributed by atoms with Crippen molar-refractivity contribution in [1.29, 1.82) is 0 Å². The lowest BCUT2D eigenvalue weighted by atomic mass is 9.86. The minimum absolute atomic E-state index is 0.389. The smallest absolute Gasteiger partial charge is 0.0334 e. The standard InChI is InChI=1S/C18H30N2S/c1-4-14(2)17-11-20(9-7-15-8-10-21-12-15)18(3,13-19-17)16-5-6-16/h8,10,12,14,16-17,19H,4-7,9,11,13H2,1-3H3. The average Bonchev–Trinajstić information content (AvgIpc) is 3.24. The summed E-state index contributed by atoms with van der Waals surface area (Å²) in [6.45, 7) is 10.8. The average molecular weight is 307 g/mol. The molecule has 2 aliphatic rings. The van der Waals surface area contributed by atoms with Crippen molar-refractivity contribution in [1.82, 2.24) is 10.2 Å². The molecule has 1 N–H and O–H groups in total.